The molecule has 1 aromatic rings. The van der Waals surface area contributed by atoms with Gasteiger partial charge in [0, 0.05) is 20.1 Å². The summed E-state index contributed by atoms with van der Waals surface area (Å²) in [4.78, 5) is 14.0. The zero-order valence-corrected chi connectivity index (χ0v) is 13.1. The normalized spacial score (nSPS) is 18.4. The number of aliphatic hydroxyl groups excluding tert-OH is 1. The third kappa shape index (κ3) is 3.35. The number of rotatable bonds is 3. The highest BCUT2D eigenvalue weighted by atomic mass is 32.1. The number of amides is 1. The van der Waals surface area contributed by atoms with Gasteiger partial charge in [0.05, 0.1) is 11.3 Å². The Labute approximate surface area is 130 Å². The molecule has 1 atom stereocenters. The van der Waals surface area contributed by atoms with Gasteiger partial charge in [-0.2, -0.15) is 17.5 Å². The Morgan fingerprint density at radius 3 is 2.55 bits per heavy atom. The van der Waals surface area contributed by atoms with Crippen LogP contribution in [-0.2, 0) is 0 Å². The van der Waals surface area contributed by atoms with Crippen molar-refractivity contribution in [3.05, 3.63) is 11.3 Å². The average Bonchev–Trinajstić information content (AvgIpc) is 2.86. The molecule has 0 saturated carbocycles. The van der Waals surface area contributed by atoms with Crippen LogP contribution in [0.25, 0.3) is 0 Å². The Kier molecular flexibility index (Phi) is 4.96. The van der Waals surface area contributed by atoms with Crippen LogP contribution in [0.4, 0.5) is 18.2 Å². The highest BCUT2D eigenvalue weighted by molar-refractivity contribution is 7.10. The van der Waals surface area contributed by atoms with Crippen LogP contribution >= 0.6 is 11.5 Å². The molecule has 0 radical (unpaired) electrons. The highest BCUT2D eigenvalue weighted by Gasteiger charge is 2.44. The van der Waals surface area contributed by atoms with Gasteiger partial charge in [-0.05, 0) is 37.2 Å². The van der Waals surface area contributed by atoms with Crippen molar-refractivity contribution in [2.24, 2.45) is 5.92 Å². The summed E-state index contributed by atoms with van der Waals surface area (Å²) in [7, 11) is 1.69. The number of nitrogens with zero attached hydrogens (tertiary/aromatic N) is 2. The fourth-order valence-corrected chi connectivity index (χ4v) is 3.37. The summed E-state index contributed by atoms with van der Waals surface area (Å²) in [6.07, 6.45) is -6.65. The number of aromatic nitrogens is 1. The fourth-order valence-electron chi connectivity index (χ4n) is 2.64. The van der Waals surface area contributed by atoms with Gasteiger partial charge in [0.25, 0.3) is 5.91 Å². The van der Waals surface area contributed by atoms with Crippen molar-refractivity contribution in [3.63, 3.8) is 0 Å². The zero-order valence-electron chi connectivity index (χ0n) is 12.3. The molecule has 0 spiro atoms. The molecule has 1 aliphatic rings. The topological polar surface area (TPSA) is 65.5 Å². The molecule has 124 valence electrons. The van der Waals surface area contributed by atoms with Crippen molar-refractivity contribution in [2.75, 3.05) is 25.5 Å². The monoisotopic (exact) mass is 337 g/mol. The predicted molar refractivity (Wildman–Crippen MR) is 77.1 cm³/mol. The quantitative estimate of drug-likeness (QED) is 0.888. The number of aryl methyl sites for hydroxylation is 1. The molecule has 22 heavy (non-hydrogen) atoms. The van der Waals surface area contributed by atoms with Gasteiger partial charge in [-0.15, -0.1) is 0 Å². The maximum Gasteiger partial charge on any atom is 0.414 e. The molecule has 1 fully saturated rings. The predicted octanol–water partition coefficient (Wildman–Crippen LogP) is 2.27. The maximum atomic E-state index is 12.5. The minimum absolute atomic E-state index is 0.137. The molecule has 2 N–H and O–H groups in total. The lowest BCUT2D eigenvalue weighted by Gasteiger charge is -2.34. The first-order chi connectivity index (χ1) is 10.3. The first-order valence-electron chi connectivity index (χ1n) is 6.93. The van der Waals surface area contributed by atoms with Crippen molar-refractivity contribution in [1.82, 2.24) is 9.27 Å². The zero-order chi connectivity index (χ0) is 16.5. The van der Waals surface area contributed by atoms with Crippen molar-refractivity contribution in [1.29, 1.82) is 0 Å². The summed E-state index contributed by atoms with van der Waals surface area (Å²) < 4.78 is 41.7. The Balaban J connectivity index is 2.03. The number of carbonyl (C=O) groups excluding carboxylic acids is 1. The Hall–Kier alpha value is -1.35. The number of halogens is 3. The van der Waals surface area contributed by atoms with Crippen LogP contribution in [0.2, 0.25) is 0 Å². The van der Waals surface area contributed by atoms with Crippen LogP contribution in [0, 0.1) is 12.8 Å². The molecule has 0 aliphatic carbocycles. The number of piperidine rings is 1. The van der Waals surface area contributed by atoms with Crippen LogP contribution < -0.4 is 5.32 Å². The Morgan fingerprint density at radius 2 is 2.05 bits per heavy atom. The second-order valence-electron chi connectivity index (χ2n) is 5.34. The molecular formula is C13H18F3N3O2S. The summed E-state index contributed by atoms with van der Waals surface area (Å²) in [6.45, 7) is 2.13. The largest absolute Gasteiger partial charge is 0.414 e. The standard InChI is InChI=1S/C13H18F3N3O2S/c1-7-9(11(17-2)22-18-7)12(21)19-5-3-8(4-6-19)10(20)13(14,15)16/h8,10,17,20H,3-6H2,1-2H3. The van der Waals surface area contributed by atoms with Gasteiger partial charge in [-0.3, -0.25) is 4.79 Å². The van der Waals surface area contributed by atoms with Crippen LogP contribution in [0.3, 0.4) is 0 Å². The van der Waals surface area contributed by atoms with Crippen LogP contribution in [0.5, 0.6) is 0 Å². The van der Waals surface area contributed by atoms with E-state index in [0.717, 1.165) is 0 Å². The minimum atomic E-state index is -4.61. The number of hydrogen-bond acceptors (Lipinski definition) is 5. The molecule has 2 rings (SSSR count). The summed E-state index contributed by atoms with van der Waals surface area (Å²) in [6, 6.07) is 0. The van der Waals surface area contributed by atoms with Crippen LogP contribution in [-0.4, -0.2) is 52.7 Å². The Morgan fingerprint density at radius 1 is 1.45 bits per heavy atom. The van der Waals surface area contributed by atoms with Gasteiger partial charge in [0.1, 0.15) is 5.00 Å². The molecule has 1 amide bonds. The maximum absolute atomic E-state index is 12.5. The van der Waals surface area contributed by atoms with Crippen molar-refractivity contribution in [3.8, 4) is 0 Å². The van der Waals surface area contributed by atoms with E-state index in [-0.39, 0.29) is 31.8 Å². The van der Waals surface area contributed by atoms with Gasteiger partial charge in [0.15, 0.2) is 6.10 Å². The molecule has 0 aromatic carbocycles. The molecule has 5 nitrogen and oxygen atoms in total. The van der Waals surface area contributed by atoms with Crippen molar-refractivity contribution in [2.45, 2.75) is 32.0 Å². The lowest BCUT2D eigenvalue weighted by molar-refractivity contribution is -0.222. The van der Waals surface area contributed by atoms with E-state index >= 15 is 0 Å². The van der Waals surface area contributed by atoms with E-state index in [4.69, 9.17) is 0 Å². The summed E-state index contributed by atoms with van der Waals surface area (Å²) in [5.41, 5.74) is 1.08. The van der Waals surface area contributed by atoms with Crippen molar-refractivity contribution < 1.29 is 23.1 Å². The first-order valence-corrected chi connectivity index (χ1v) is 7.71. The molecule has 0 bridgehead atoms. The van der Waals surface area contributed by atoms with E-state index < -0.39 is 18.2 Å². The molecule has 1 aliphatic heterocycles. The Bertz CT molecular complexity index is 539. The van der Waals surface area contributed by atoms with E-state index in [9.17, 15) is 23.1 Å². The van der Waals surface area contributed by atoms with Gasteiger partial charge in [-0.25, -0.2) is 0 Å². The van der Waals surface area contributed by atoms with Gasteiger partial charge >= 0.3 is 6.18 Å². The second kappa shape index (κ2) is 6.41. The summed E-state index contributed by atoms with van der Waals surface area (Å²) in [5.74, 6) is -1.08. The van der Waals surface area contributed by atoms with Gasteiger partial charge in [0.2, 0.25) is 0 Å². The van der Waals surface area contributed by atoms with E-state index in [1.54, 1.807) is 14.0 Å². The third-order valence-electron chi connectivity index (χ3n) is 3.91. The second-order valence-corrected chi connectivity index (χ2v) is 6.11. The molecule has 9 heteroatoms. The molecule has 1 unspecified atom stereocenters. The van der Waals surface area contributed by atoms with Crippen molar-refractivity contribution >= 4 is 22.4 Å². The number of nitrogens with one attached hydrogen (secondary N) is 1. The molecular weight excluding hydrogens is 319 g/mol. The highest BCUT2D eigenvalue weighted by Crippen LogP contribution is 2.33. The average molecular weight is 337 g/mol. The number of hydrogen-bond donors (Lipinski definition) is 2. The third-order valence-corrected chi connectivity index (χ3v) is 4.87. The number of alkyl halides is 3. The lowest BCUT2D eigenvalue weighted by atomic mass is 9.90. The molecule has 2 heterocycles. The number of aliphatic hydroxyl groups is 1. The van der Waals surface area contributed by atoms with E-state index in [1.165, 1.54) is 16.4 Å². The molecule has 1 aromatic heterocycles. The SMILES string of the molecule is CNc1snc(C)c1C(=O)N1CCC(C(O)C(F)(F)F)CC1. The first kappa shape index (κ1) is 17.0. The summed E-state index contributed by atoms with van der Waals surface area (Å²) >= 11 is 1.18. The number of carbonyl (C=O) groups is 1. The van der Waals surface area contributed by atoms with Crippen LogP contribution in [0.15, 0.2) is 0 Å². The number of likely N-dealkylation sites (tertiary alicyclic amines) is 1. The van der Waals surface area contributed by atoms with Gasteiger partial charge in [-0.1, -0.05) is 0 Å². The van der Waals surface area contributed by atoms with E-state index in [0.29, 0.717) is 16.3 Å². The van der Waals surface area contributed by atoms with E-state index in [2.05, 4.69) is 9.69 Å². The van der Waals surface area contributed by atoms with E-state index in [1.807, 2.05) is 0 Å². The minimum Gasteiger partial charge on any atom is -0.383 e. The number of anilines is 1. The molecule has 1 saturated heterocycles. The smallest absolute Gasteiger partial charge is 0.383 e. The van der Waals surface area contributed by atoms with Crippen LogP contribution in [0.1, 0.15) is 28.9 Å². The summed E-state index contributed by atoms with van der Waals surface area (Å²) in [5, 5.41) is 12.9. The van der Waals surface area contributed by atoms with Gasteiger partial charge < -0.3 is 15.3 Å². The lowest BCUT2D eigenvalue weighted by Crippen LogP contribution is -2.45. The fraction of sp³-hybridized carbons (Fsp3) is 0.692.